The number of piperidine rings is 1. The first kappa shape index (κ1) is 16.1. The third kappa shape index (κ3) is 3.48. The molecule has 24 heavy (non-hydrogen) atoms. The summed E-state index contributed by atoms with van der Waals surface area (Å²) in [5, 5.41) is 2.42. The average Bonchev–Trinajstić information content (AvgIpc) is 3.41. The normalized spacial score (nSPS) is 22.8. The van der Waals surface area contributed by atoms with E-state index in [2.05, 4.69) is 52.1 Å². The molecule has 4 rings (SSSR count). The van der Waals surface area contributed by atoms with Crippen LogP contribution in [0, 0.1) is 0 Å². The molecule has 1 aliphatic heterocycles. The molecule has 0 spiro atoms. The van der Waals surface area contributed by atoms with Crippen molar-refractivity contribution < 1.29 is 8.42 Å². The number of rotatable bonds is 5. The van der Waals surface area contributed by atoms with Gasteiger partial charge >= 0.3 is 0 Å². The molecule has 2 aromatic carbocycles. The first-order chi connectivity index (χ1) is 11.6. The number of benzene rings is 2. The zero-order valence-electron chi connectivity index (χ0n) is 13.8. The quantitative estimate of drug-likeness (QED) is 0.907. The lowest BCUT2D eigenvalue weighted by atomic mass is 10.0. The fraction of sp³-hybridized carbons (Fsp3) is 0.474. The number of likely N-dealkylation sites (tertiary alicyclic amines) is 1. The smallest absolute Gasteiger partial charge is 0.214 e. The molecule has 1 heterocycles. The van der Waals surface area contributed by atoms with Crippen molar-refractivity contribution in [2.75, 3.05) is 13.1 Å². The summed E-state index contributed by atoms with van der Waals surface area (Å²) in [6, 6.07) is 14.9. The van der Waals surface area contributed by atoms with E-state index in [4.69, 9.17) is 0 Å². The molecule has 0 radical (unpaired) electrons. The molecule has 2 aromatic rings. The van der Waals surface area contributed by atoms with E-state index >= 15 is 0 Å². The highest BCUT2D eigenvalue weighted by molar-refractivity contribution is 7.90. The number of sulfonamides is 1. The molecule has 2 fully saturated rings. The van der Waals surface area contributed by atoms with Gasteiger partial charge in [0.15, 0.2) is 0 Å². The van der Waals surface area contributed by atoms with Gasteiger partial charge in [0.2, 0.25) is 10.0 Å². The van der Waals surface area contributed by atoms with Gasteiger partial charge in [0.1, 0.15) is 0 Å². The number of hydrogen-bond donors (Lipinski definition) is 1. The third-order valence-electron chi connectivity index (χ3n) is 5.07. The topological polar surface area (TPSA) is 49.4 Å². The Balaban J connectivity index is 1.46. The minimum atomic E-state index is -3.09. The molecular weight excluding hydrogens is 320 g/mol. The molecule has 0 aromatic heterocycles. The van der Waals surface area contributed by atoms with Crippen LogP contribution in [0.2, 0.25) is 0 Å². The summed E-state index contributed by atoms with van der Waals surface area (Å²) < 4.78 is 27.3. The summed E-state index contributed by atoms with van der Waals surface area (Å²) in [4.78, 5) is 2.38. The van der Waals surface area contributed by atoms with E-state index < -0.39 is 10.0 Å². The van der Waals surface area contributed by atoms with Crippen molar-refractivity contribution in [3.63, 3.8) is 0 Å². The second-order valence-corrected chi connectivity index (χ2v) is 9.07. The summed E-state index contributed by atoms with van der Waals surface area (Å²) >= 11 is 0. The Labute approximate surface area is 143 Å². The van der Waals surface area contributed by atoms with Crippen LogP contribution >= 0.6 is 0 Å². The summed E-state index contributed by atoms with van der Waals surface area (Å²) in [6.07, 6.45) is 3.63. The van der Waals surface area contributed by atoms with Gasteiger partial charge in [-0.2, -0.15) is 0 Å². The summed E-state index contributed by atoms with van der Waals surface area (Å²) in [6.45, 7) is 2.71. The SMILES string of the molecule is O=S(=O)(NC1CCCN(Cc2cccc3ccccc23)C1)C1CC1. The van der Waals surface area contributed by atoms with Crippen LogP contribution in [0.25, 0.3) is 10.8 Å². The fourth-order valence-corrected chi connectivity index (χ4v) is 5.28. The minimum Gasteiger partial charge on any atom is -0.297 e. The van der Waals surface area contributed by atoms with Crippen LogP contribution in [0.3, 0.4) is 0 Å². The van der Waals surface area contributed by atoms with Crippen molar-refractivity contribution in [2.24, 2.45) is 0 Å². The van der Waals surface area contributed by atoms with E-state index in [-0.39, 0.29) is 11.3 Å². The van der Waals surface area contributed by atoms with Gasteiger partial charge in [0.25, 0.3) is 0 Å². The van der Waals surface area contributed by atoms with E-state index in [1.54, 1.807) is 0 Å². The Morgan fingerprint density at radius 2 is 1.83 bits per heavy atom. The summed E-state index contributed by atoms with van der Waals surface area (Å²) in [7, 11) is -3.09. The van der Waals surface area contributed by atoms with Crippen LogP contribution in [0.5, 0.6) is 0 Å². The van der Waals surface area contributed by atoms with Gasteiger partial charge in [0, 0.05) is 19.1 Å². The molecular formula is C19H24N2O2S. The predicted octanol–water partition coefficient (Wildman–Crippen LogP) is 2.89. The summed E-state index contributed by atoms with van der Waals surface area (Å²) in [5.74, 6) is 0. The van der Waals surface area contributed by atoms with Gasteiger partial charge in [-0.3, -0.25) is 4.90 Å². The van der Waals surface area contributed by atoms with Crippen LogP contribution in [0.1, 0.15) is 31.2 Å². The zero-order chi connectivity index (χ0) is 16.6. The second kappa shape index (κ2) is 6.47. The molecule has 0 amide bonds. The Bertz CT molecular complexity index is 825. The van der Waals surface area contributed by atoms with Crippen LogP contribution in [0.4, 0.5) is 0 Å². The van der Waals surface area contributed by atoms with E-state index in [1.807, 2.05) is 0 Å². The molecule has 1 saturated heterocycles. The molecule has 1 saturated carbocycles. The lowest BCUT2D eigenvalue weighted by Crippen LogP contribution is -2.48. The van der Waals surface area contributed by atoms with Crippen molar-refractivity contribution >= 4 is 20.8 Å². The number of hydrogen-bond acceptors (Lipinski definition) is 3. The number of nitrogens with one attached hydrogen (secondary N) is 1. The van der Waals surface area contributed by atoms with Gasteiger partial charge in [-0.05, 0) is 48.6 Å². The molecule has 1 aliphatic carbocycles. The molecule has 2 aliphatic rings. The Morgan fingerprint density at radius 1 is 1.04 bits per heavy atom. The first-order valence-electron chi connectivity index (χ1n) is 8.82. The fourth-order valence-electron chi connectivity index (χ4n) is 3.67. The highest BCUT2D eigenvalue weighted by Crippen LogP contribution is 2.28. The largest absolute Gasteiger partial charge is 0.297 e. The van der Waals surface area contributed by atoms with Crippen LogP contribution < -0.4 is 4.72 Å². The minimum absolute atomic E-state index is 0.0549. The molecule has 1 unspecified atom stereocenters. The standard InChI is InChI=1S/C19H24N2O2S/c22-24(23,18-10-11-18)20-17-8-4-12-21(14-17)13-16-7-3-6-15-5-1-2-9-19(15)16/h1-3,5-7,9,17-18,20H,4,8,10-14H2. The van der Waals surface area contributed by atoms with Crippen molar-refractivity contribution in [2.45, 2.75) is 43.5 Å². The van der Waals surface area contributed by atoms with E-state index in [1.165, 1.54) is 16.3 Å². The van der Waals surface area contributed by atoms with Crippen molar-refractivity contribution in [1.82, 2.24) is 9.62 Å². The lowest BCUT2D eigenvalue weighted by Gasteiger charge is -2.33. The van der Waals surface area contributed by atoms with Crippen LogP contribution in [0.15, 0.2) is 42.5 Å². The molecule has 0 bridgehead atoms. The van der Waals surface area contributed by atoms with Crippen LogP contribution in [-0.4, -0.2) is 37.7 Å². The predicted molar refractivity (Wildman–Crippen MR) is 97.3 cm³/mol. The monoisotopic (exact) mass is 344 g/mol. The second-order valence-electron chi connectivity index (χ2n) is 7.07. The van der Waals surface area contributed by atoms with Gasteiger partial charge in [-0.1, -0.05) is 42.5 Å². The van der Waals surface area contributed by atoms with E-state index in [0.717, 1.165) is 45.3 Å². The lowest BCUT2D eigenvalue weighted by molar-refractivity contribution is 0.195. The van der Waals surface area contributed by atoms with Gasteiger partial charge in [0.05, 0.1) is 5.25 Å². The van der Waals surface area contributed by atoms with Crippen LogP contribution in [-0.2, 0) is 16.6 Å². The number of fused-ring (bicyclic) bond motifs is 1. The molecule has 128 valence electrons. The van der Waals surface area contributed by atoms with Gasteiger partial charge in [-0.15, -0.1) is 0 Å². The molecule has 1 atom stereocenters. The Kier molecular flexibility index (Phi) is 4.33. The molecule has 5 heteroatoms. The molecule has 1 N–H and O–H groups in total. The average molecular weight is 344 g/mol. The maximum absolute atomic E-state index is 12.2. The van der Waals surface area contributed by atoms with E-state index in [0.29, 0.717) is 0 Å². The Hall–Kier alpha value is -1.43. The highest BCUT2D eigenvalue weighted by atomic mass is 32.2. The van der Waals surface area contributed by atoms with Gasteiger partial charge in [-0.25, -0.2) is 13.1 Å². The zero-order valence-corrected chi connectivity index (χ0v) is 14.6. The third-order valence-corrected chi connectivity index (χ3v) is 7.08. The number of nitrogens with zero attached hydrogens (tertiary/aromatic N) is 1. The maximum atomic E-state index is 12.2. The Morgan fingerprint density at radius 3 is 2.67 bits per heavy atom. The van der Waals surface area contributed by atoms with Crippen molar-refractivity contribution in [3.8, 4) is 0 Å². The van der Waals surface area contributed by atoms with Gasteiger partial charge < -0.3 is 0 Å². The van der Waals surface area contributed by atoms with Crippen molar-refractivity contribution in [3.05, 3.63) is 48.0 Å². The molecule has 4 nitrogen and oxygen atoms in total. The highest BCUT2D eigenvalue weighted by Gasteiger charge is 2.37. The first-order valence-corrected chi connectivity index (χ1v) is 10.4. The van der Waals surface area contributed by atoms with E-state index in [9.17, 15) is 8.42 Å². The summed E-state index contributed by atoms with van der Waals surface area (Å²) in [5.41, 5.74) is 1.32. The van der Waals surface area contributed by atoms with Crippen molar-refractivity contribution in [1.29, 1.82) is 0 Å². The maximum Gasteiger partial charge on any atom is 0.214 e.